The van der Waals surface area contributed by atoms with E-state index >= 15 is 0 Å². The SMILES string of the molecule is CC(=Nc1cnccc1C)c1c(C)nc(NCC2=NCCS2)nc1N[C@H]1CC[C@@H](CO)C1. The summed E-state index contributed by atoms with van der Waals surface area (Å²) >= 11 is 1.78. The van der Waals surface area contributed by atoms with Crippen molar-refractivity contribution in [1.29, 1.82) is 0 Å². The molecule has 0 spiro atoms. The van der Waals surface area contributed by atoms with Crippen LogP contribution < -0.4 is 10.6 Å². The number of aliphatic hydroxyl groups excluding tert-OH is 1. The third kappa shape index (κ3) is 5.45. The minimum atomic E-state index is 0.237. The monoisotopic (exact) mass is 453 g/mol. The molecular weight excluding hydrogens is 422 g/mol. The van der Waals surface area contributed by atoms with Crippen molar-refractivity contribution in [2.45, 2.75) is 46.1 Å². The average Bonchev–Trinajstić information content (AvgIpc) is 3.45. The number of thioether (sulfide) groups is 1. The Balaban J connectivity index is 1.64. The third-order valence-electron chi connectivity index (χ3n) is 5.94. The molecule has 1 fully saturated rings. The Morgan fingerprint density at radius 1 is 1.28 bits per heavy atom. The molecule has 0 bridgehead atoms. The second-order valence-electron chi connectivity index (χ2n) is 8.40. The molecular formula is C23H31N7OS. The Bertz CT molecular complexity index is 1020. The fraction of sp³-hybridized carbons (Fsp3) is 0.522. The van der Waals surface area contributed by atoms with Crippen molar-refractivity contribution in [3.05, 3.63) is 35.3 Å². The van der Waals surface area contributed by atoms with Crippen LogP contribution in [0, 0.1) is 19.8 Å². The maximum atomic E-state index is 9.54. The molecule has 2 aromatic heterocycles. The highest BCUT2D eigenvalue weighted by atomic mass is 32.2. The van der Waals surface area contributed by atoms with Gasteiger partial charge in [-0.15, -0.1) is 11.8 Å². The first kappa shape index (κ1) is 22.7. The van der Waals surface area contributed by atoms with Crippen molar-refractivity contribution in [3.63, 3.8) is 0 Å². The Kier molecular flexibility index (Phi) is 7.36. The number of aromatic nitrogens is 3. The van der Waals surface area contributed by atoms with E-state index in [4.69, 9.17) is 15.0 Å². The summed E-state index contributed by atoms with van der Waals surface area (Å²) < 4.78 is 0. The van der Waals surface area contributed by atoms with Crippen LogP contribution in [0.25, 0.3) is 0 Å². The molecule has 4 rings (SSSR count). The van der Waals surface area contributed by atoms with Crippen molar-refractivity contribution in [1.82, 2.24) is 15.0 Å². The molecule has 8 nitrogen and oxygen atoms in total. The van der Waals surface area contributed by atoms with Crippen molar-refractivity contribution >= 4 is 40.0 Å². The van der Waals surface area contributed by atoms with Gasteiger partial charge in [0.2, 0.25) is 5.95 Å². The zero-order valence-electron chi connectivity index (χ0n) is 18.9. The molecule has 32 heavy (non-hydrogen) atoms. The number of aliphatic imine (C=N–C) groups is 2. The molecule has 9 heteroatoms. The standard InChI is InChI=1S/C23H31N7OS/c1-14-6-7-24-11-19(14)27-15(2)21-16(3)28-23(26-12-20-25-8-9-32-20)30-22(21)29-18-5-4-17(10-18)13-31/h6-7,11,17-18,31H,4-5,8-10,12-13H2,1-3H3,(H2,26,28,29,30)/t17-,18+/m1/s1. The lowest BCUT2D eigenvalue weighted by Crippen LogP contribution is -2.22. The van der Waals surface area contributed by atoms with Crippen LogP contribution >= 0.6 is 11.8 Å². The van der Waals surface area contributed by atoms with Crippen molar-refractivity contribution in [2.75, 3.05) is 36.1 Å². The molecule has 2 aromatic rings. The Hall–Kier alpha value is -2.52. The molecule has 1 saturated carbocycles. The van der Waals surface area contributed by atoms with Crippen LogP contribution in [0.3, 0.4) is 0 Å². The van der Waals surface area contributed by atoms with Crippen molar-refractivity contribution in [3.8, 4) is 0 Å². The number of hydrogen-bond donors (Lipinski definition) is 3. The number of anilines is 2. The van der Waals surface area contributed by atoms with Gasteiger partial charge in [-0.3, -0.25) is 15.0 Å². The van der Waals surface area contributed by atoms with Crippen LogP contribution in [0.1, 0.15) is 43.0 Å². The fourth-order valence-electron chi connectivity index (χ4n) is 4.21. The van der Waals surface area contributed by atoms with Gasteiger partial charge in [0.25, 0.3) is 0 Å². The molecule has 2 atom stereocenters. The second-order valence-corrected chi connectivity index (χ2v) is 9.56. The third-order valence-corrected chi connectivity index (χ3v) is 6.93. The number of nitrogens with zero attached hydrogens (tertiary/aromatic N) is 5. The number of hydrogen-bond acceptors (Lipinski definition) is 9. The van der Waals surface area contributed by atoms with E-state index < -0.39 is 0 Å². The van der Waals surface area contributed by atoms with Crippen molar-refractivity contribution in [2.24, 2.45) is 15.9 Å². The zero-order valence-corrected chi connectivity index (χ0v) is 19.7. The highest BCUT2D eigenvalue weighted by molar-refractivity contribution is 8.14. The second kappa shape index (κ2) is 10.4. The maximum Gasteiger partial charge on any atom is 0.225 e. The van der Waals surface area contributed by atoms with E-state index in [0.717, 1.165) is 70.6 Å². The number of aliphatic hydroxyl groups is 1. The first-order valence-electron chi connectivity index (χ1n) is 11.2. The lowest BCUT2D eigenvalue weighted by Gasteiger charge is -2.19. The van der Waals surface area contributed by atoms with Gasteiger partial charge in [0.05, 0.1) is 40.4 Å². The Morgan fingerprint density at radius 3 is 2.88 bits per heavy atom. The van der Waals surface area contributed by atoms with E-state index in [2.05, 4.69) is 20.6 Å². The molecule has 0 saturated heterocycles. The molecule has 0 radical (unpaired) electrons. The first-order valence-corrected chi connectivity index (χ1v) is 12.1. The van der Waals surface area contributed by atoms with Gasteiger partial charge in [-0.25, -0.2) is 4.98 Å². The Morgan fingerprint density at radius 2 is 2.16 bits per heavy atom. The van der Waals surface area contributed by atoms with E-state index in [1.54, 1.807) is 24.2 Å². The number of nitrogens with one attached hydrogen (secondary N) is 2. The molecule has 0 aromatic carbocycles. The van der Waals surface area contributed by atoms with Gasteiger partial charge < -0.3 is 15.7 Å². The molecule has 170 valence electrons. The quantitative estimate of drug-likeness (QED) is 0.522. The van der Waals surface area contributed by atoms with Gasteiger partial charge in [0, 0.05) is 31.1 Å². The van der Waals surface area contributed by atoms with Gasteiger partial charge in [-0.1, -0.05) is 0 Å². The normalized spacial score (nSPS) is 21.0. The highest BCUT2D eigenvalue weighted by Crippen LogP contribution is 2.30. The van der Waals surface area contributed by atoms with Gasteiger partial charge in [0.1, 0.15) is 5.82 Å². The lowest BCUT2D eigenvalue weighted by atomic mass is 10.1. The first-order chi connectivity index (χ1) is 15.5. The minimum absolute atomic E-state index is 0.237. The summed E-state index contributed by atoms with van der Waals surface area (Å²) in [7, 11) is 0. The van der Waals surface area contributed by atoms with Crippen LogP contribution in [0.15, 0.2) is 28.4 Å². The van der Waals surface area contributed by atoms with Gasteiger partial charge >= 0.3 is 0 Å². The average molecular weight is 454 g/mol. The molecule has 0 amide bonds. The summed E-state index contributed by atoms with van der Waals surface area (Å²) in [5.74, 6) is 2.76. The van der Waals surface area contributed by atoms with Gasteiger partial charge in [-0.05, 0) is 57.6 Å². The molecule has 0 unspecified atom stereocenters. The van der Waals surface area contributed by atoms with Crippen LogP contribution in [0.5, 0.6) is 0 Å². The number of aryl methyl sites for hydroxylation is 2. The summed E-state index contributed by atoms with van der Waals surface area (Å²) in [4.78, 5) is 23.1. The van der Waals surface area contributed by atoms with Crippen molar-refractivity contribution < 1.29 is 5.11 Å². The van der Waals surface area contributed by atoms with E-state index in [1.165, 1.54) is 0 Å². The topological polar surface area (TPSA) is 108 Å². The van der Waals surface area contributed by atoms with E-state index in [0.29, 0.717) is 18.4 Å². The predicted octanol–water partition coefficient (Wildman–Crippen LogP) is 3.76. The van der Waals surface area contributed by atoms with Gasteiger partial charge in [-0.2, -0.15) is 4.98 Å². The lowest BCUT2D eigenvalue weighted by molar-refractivity contribution is 0.229. The summed E-state index contributed by atoms with van der Waals surface area (Å²) in [6, 6.07) is 2.23. The zero-order chi connectivity index (χ0) is 22.5. The van der Waals surface area contributed by atoms with Crippen LogP contribution in [0.2, 0.25) is 0 Å². The van der Waals surface area contributed by atoms with Crippen LogP contribution in [-0.4, -0.2) is 62.3 Å². The smallest absolute Gasteiger partial charge is 0.225 e. The van der Waals surface area contributed by atoms with Crippen LogP contribution in [0.4, 0.5) is 17.5 Å². The number of pyridine rings is 1. The maximum absolute atomic E-state index is 9.54. The number of rotatable bonds is 8. The van der Waals surface area contributed by atoms with Crippen LogP contribution in [-0.2, 0) is 0 Å². The van der Waals surface area contributed by atoms with E-state index in [1.807, 2.05) is 26.8 Å². The van der Waals surface area contributed by atoms with Gasteiger partial charge in [0.15, 0.2) is 0 Å². The minimum Gasteiger partial charge on any atom is -0.396 e. The highest BCUT2D eigenvalue weighted by Gasteiger charge is 2.26. The molecule has 1 aliphatic heterocycles. The molecule has 1 aliphatic carbocycles. The summed E-state index contributed by atoms with van der Waals surface area (Å²) in [6.07, 6.45) is 6.53. The molecule has 3 heterocycles. The Labute approximate surface area is 193 Å². The summed E-state index contributed by atoms with van der Waals surface area (Å²) in [5.41, 5.74) is 4.54. The predicted molar refractivity (Wildman–Crippen MR) is 133 cm³/mol. The van der Waals surface area contributed by atoms with E-state index in [9.17, 15) is 5.11 Å². The molecule has 2 aliphatic rings. The van der Waals surface area contributed by atoms with E-state index in [-0.39, 0.29) is 12.6 Å². The summed E-state index contributed by atoms with van der Waals surface area (Å²) in [5, 5.41) is 17.6. The largest absolute Gasteiger partial charge is 0.396 e. The fourth-order valence-corrected chi connectivity index (χ4v) is 4.98. The summed E-state index contributed by atoms with van der Waals surface area (Å²) in [6.45, 7) is 7.77. The molecule has 3 N–H and O–H groups in total.